The summed E-state index contributed by atoms with van der Waals surface area (Å²) in [5.41, 5.74) is 6.21. The van der Waals surface area contributed by atoms with Crippen molar-refractivity contribution in [2.75, 3.05) is 19.7 Å². The highest BCUT2D eigenvalue weighted by atomic mass is 16.5. The van der Waals surface area contributed by atoms with Gasteiger partial charge in [-0.05, 0) is 44.9 Å². The minimum Gasteiger partial charge on any atom is -0.504 e. The monoisotopic (exact) mass is 264 g/mol. The van der Waals surface area contributed by atoms with Gasteiger partial charge in [0.1, 0.15) is 6.61 Å². The number of phenolic OH excluding ortho intramolecular Hbond substituents is 1. The van der Waals surface area contributed by atoms with Gasteiger partial charge in [-0.15, -0.1) is 0 Å². The van der Waals surface area contributed by atoms with E-state index in [2.05, 4.69) is 18.7 Å². The second kappa shape index (κ2) is 6.26. The first-order chi connectivity index (χ1) is 9.08. The summed E-state index contributed by atoms with van der Waals surface area (Å²) in [6, 6.07) is 7.60. The van der Waals surface area contributed by atoms with Crippen molar-refractivity contribution in [3.63, 3.8) is 0 Å². The van der Waals surface area contributed by atoms with Gasteiger partial charge in [-0.3, -0.25) is 0 Å². The molecule has 19 heavy (non-hydrogen) atoms. The minimum absolute atomic E-state index is 0.0170. The molecule has 106 valence electrons. The second-order valence-corrected chi connectivity index (χ2v) is 5.58. The van der Waals surface area contributed by atoms with Crippen molar-refractivity contribution in [2.45, 2.75) is 32.4 Å². The molecule has 2 unspecified atom stereocenters. The highest BCUT2D eigenvalue weighted by molar-refractivity contribution is 5.37. The van der Waals surface area contributed by atoms with Crippen molar-refractivity contribution in [3.05, 3.63) is 24.3 Å². The number of rotatable bonds is 5. The molecule has 1 aromatic rings. The molecule has 1 saturated heterocycles. The van der Waals surface area contributed by atoms with Crippen molar-refractivity contribution >= 4 is 0 Å². The van der Waals surface area contributed by atoms with E-state index in [1.807, 2.05) is 6.07 Å². The number of benzene rings is 1. The zero-order chi connectivity index (χ0) is 13.8. The van der Waals surface area contributed by atoms with Crippen LogP contribution in [0.5, 0.6) is 11.5 Å². The molecule has 1 heterocycles. The van der Waals surface area contributed by atoms with E-state index in [0.29, 0.717) is 24.3 Å². The smallest absolute Gasteiger partial charge is 0.160 e. The third kappa shape index (κ3) is 3.61. The van der Waals surface area contributed by atoms with Crippen LogP contribution >= 0.6 is 0 Å². The van der Waals surface area contributed by atoms with Crippen molar-refractivity contribution in [3.8, 4) is 11.5 Å². The third-order valence-corrected chi connectivity index (χ3v) is 3.89. The maximum absolute atomic E-state index is 9.63. The lowest BCUT2D eigenvalue weighted by atomic mass is 10.0. The van der Waals surface area contributed by atoms with Crippen LogP contribution in [0.25, 0.3) is 0 Å². The number of phenols is 1. The molecule has 4 heteroatoms. The largest absolute Gasteiger partial charge is 0.504 e. The van der Waals surface area contributed by atoms with Crippen molar-refractivity contribution in [2.24, 2.45) is 11.7 Å². The first-order valence-corrected chi connectivity index (χ1v) is 6.98. The van der Waals surface area contributed by atoms with Crippen LogP contribution in [0.4, 0.5) is 0 Å². The lowest BCUT2D eigenvalue weighted by Gasteiger charge is -2.23. The average Bonchev–Trinajstić information content (AvgIpc) is 2.87. The van der Waals surface area contributed by atoms with Crippen LogP contribution in [-0.2, 0) is 0 Å². The number of ether oxygens (including phenoxy) is 1. The molecule has 1 aromatic carbocycles. The van der Waals surface area contributed by atoms with Crippen LogP contribution < -0.4 is 10.5 Å². The van der Waals surface area contributed by atoms with Gasteiger partial charge >= 0.3 is 0 Å². The fourth-order valence-corrected chi connectivity index (χ4v) is 2.54. The Labute approximate surface area is 115 Å². The van der Waals surface area contributed by atoms with Gasteiger partial charge in [0.2, 0.25) is 0 Å². The predicted octanol–water partition coefficient (Wildman–Crippen LogP) is 1.83. The Hall–Kier alpha value is -1.26. The standard InChI is InChI=1S/C15H24N2O2/c1-11(2)17-8-7-12(9-17)13(16)10-19-15-6-4-3-5-14(15)18/h3-6,11-13,18H,7-10,16H2,1-2H3. The SMILES string of the molecule is CC(C)N1CCC(C(N)COc2ccccc2O)C1. The molecular weight excluding hydrogens is 240 g/mol. The van der Waals surface area contributed by atoms with Gasteiger partial charge in [-0.25, -0.2) is 0 Å². The normalized spacial score (nSPS) is 21.8. The summed E-state index contributed by atoms with van der Waals surface area (Å²) in [6.07, 6.45) is 1.13. The Morgan fingerprint density at radius 2 is 2.16 bits per heavy atom. The summed E-state index contributed by atoms with van der Waals surface area (Å²) >= 11 is 0. The van der Waals surface area contributed by atoms with E-state index in [1.165, 1.54) is 0 Å². The van der Waals surface area contributed by atoms with Crippen molar-refractivity contribution < 1.29 is 9.84 Å². The summed E-state index contributed by atoms with van der Waals surface area (Å²) in [5, 5.41) is 9.63. The lowest BCUT2D eigenvalue weighted by Crippen LogP contribution is -2.38. The number of aromatic hydroxyl groups is 1. The minimum atomic E-state index is 0.0170. The van der Waals surface area contributed by atoms with E-state index < -0.39 is 0 Å². The molecule has 3 N–H and O–H groups in total. The van der Waals surface area contributed by atoms with Gasteiger partial charge in [0.15, 0.2) is 11.5 Å². The molecule has 0 radical (unpaired) electrons. The molecular formula is C15H24N2O2. The fraction of sp³-hybridized carbons (Fsp3) is 0.600. The predicted molar refractivity (Wildman–Crippen MR) is 76.4 cm³/mol. The molecule has 0 amide bonds. The van der Waals surface area contributed by atoms with E-state index in [0.717, 1.165) is 19.5 Å². The van der Waals surface area contributed by atoms with Gasteiger partial charge in [0, 0.05) is 18.6 Å². The first kappa shape index (κ1) is 14.2. The highest BCUT2D eigenvalue weighted by Crippen LogP contribution is 2.26. The van der Waals surface area contributed by atoms with E-state index >= 15 is 0 Å². The Balaban J connectivity index is 1.82. The number of hydrogen-bond donors (Lipinski definition) is 2. The van der Waals surface area contributed by atoms with Crippen LogP contribution in [0, 0.1) is 5.92 Å². The summed E-state index contributed by atoms with van der Waals surface area (Å²) in [6.45, 7) is 7.04. The van der Waals surface area contributed by atoms with E-state index in [4.69, 9.17) is 10.5 Å². The maximum Gasteiger partial charge on any atom is 0.160 e. The summed E-state index contributed by atoms with van der Waals surface area (Å²) in [4.78, 5) is 2.45. The zero-order valence-electron chi connectivity index (χ0n) is 11.7. The van der Waals surface area contributed by atoms with E-state index in [-0.39, 0.29) is 11.8 Å². The molecule has 0 aromatic heterocycles. The number of likely N-dealkylation sites (tertiary alicyclic amines) is 1. The Bertz CT molecular complexity index is 409. The van der Waals surface area contributed by atoms with Crippen molar-refractivity contribution in [1.82, 2.24) is 4.90 Å². The molecule has 0 saturated carbocycles. The Morgan fingerprint density at radius 3 is 2.79 bits per heavy atom. The second-order valence-electron chi connectivity index (χ2n) is 5.58. The molecule has 0 bridgehead atoms. The van der Waals surface area contributed by atoms with Crippen molar-refractivity contribution in [1.29, 1.82) is 0 Å². The number of nitrogens with two attached hydrogens (primary N) is 1. The molecule has 1 aliphatic heterocycles. The van der Waals surface area contributed by atoms with E-state index in [1.54, 1.807) is 18.2 Å². The number of hydrogen-bond acceptors (Lipinski definition) is 4. The van der Waals surface area contributed by atoms with Gasteiger partial charge in [0.05, 0.1) is 0 Å². The number of nitrogens with zero attached hydrogens (tertiary/aromatic N) is 1. The van der Waals surface area contributed by atoms with Gasteiger partial charge in [0.25, 0.3) is 0 Å². The fourth-order valence-electron chi connectivity index (χ4n) is 2.54. The van der Waals surface area contributed by atoms with Gasteiger partial charge in [-0.2, -0.15) is 0 Å². The molecule has 2 atom stereocenters. The molecule has 1 fully saturated rings. The van der Waals surface area contributed by atoms with E-state index in [9.17, 15) is 5.11 Å². The van der Waals surface area contributed by atoms with Gasteiger partial charge < -0.3 is 20.5 Å². The van der Waals surface area contributed by atoms with Crippen LogP contribution in [0.1, 0.15) is 20.3 Å². The first-order valence-electron chi connectivity index (χ1n) is 6.98. The molecule has 0 spiro atoms. The third-order valence-electron chi connectivity index (χ3n) is 3.89. The molecule has 4 nitrogen and oxygen atoms in total. The maximum atomic E-state index is 9.63. The molecule has 0 aliphatic carbocycles. The highest BCUT2D eigenvalue weighted by Gasteiger charge is 2.29. The summed E-state index contributed by atoms with van der Waals surface area (Å²) in [5.74, 6) is 1.16. The average molecular weight is 264 g/mol. The van der Waals surface area contributed by atoms with Crippen LogP contribution in [0.2, 0.25) is 0 Å². The Kier molecular flexibility index (Phi) is 4.66. The topological polar surface area (TPSA) is 58.7 Å². The van der Waals surface area contributed by atoms with Crippen LogP contribution in [0.15, 0.2) is 24.3 Å². The number of para-hydroxylation sites is 2. The van der Waals surface area contributed by atoms with Crippen LogP contribution in [0.3, 0.4) is 0 Å². The lowest BCUT2D eigenvalue weighted by molar-refractivity contribution is 0.221. The quantitative estimate of drug-likeness (QED) is 0.852. The molecule has 2 rings (SSSR count). The summed E-state index contributed by atoms with van der Waals surface area (Å²) < 4.78 is 5.61. The molecule has 1 aliphatic rings. The summed E-state index contributed by atoms with van der Waals surface area (Å²) in [7, 11) is 0. The van der Waals surface area contributed by atoms with Crippen LogP contribution in [-0.4, -0.2) is 41.8 Å². The Morgan fingerprint density at radius 1 is 1.42 bits per heavy atom. The zero-order valence-corrected chi connectivity index (χ0v) is 11.7. The van der Waals surface area contributed by atoms with Gasteiger partial charge in [-0.1, -0.05) is 12.1 Å².